The van der Waals surface area contributed by atoms with Crippen molar-refractivity contribution in [3.05, 3.63) is 24.3 Å². The maximum atomic E-state index is 12.9. The molecule has 4 aliphatic rings. The molecule has 4 aliphatic carbocycles. The van der Waals surface area contributed by atoms with Crippen molar-refractivity contribution < 1.29 is 9.53 Å². The van der Waals surface area contributed by atoms with Crippen LogP contribution in [0, 0.1) is 58.2 Å². The Balaban J connectivity index is 1.12. The van der Waals surface area contributed by atoms with Gasteiger partial charge in [-0.15, -0.1) is 0 Å². The number of allylic oxidation sites excluding steroid dienone is 4. The molecule has 0 radical (unpaired) electrons. The molecule has 0 aromatic heterocycles. The van der Waals surface area contributed by atoms with E-state index in [0.717, 1.165) is 79.4 Å². The summed E-state index contributed by atoms with van der Waals surface area (Å²) in [7, 11) is 0. The van der Waals surface area contributed by atoms with Crippen molar-refractivity contribution in [3.8, 4) is 0 Å². The second kappa shape index (κ2) is 20.3. The van der Waals surface area contributed by atoms with E-state index in [9.17, 15) is 4.79 Å². The molecule has 4 fully saturated rings. The SMILES string of the molecule is CCCCC/C=C\C/C=C\CCCCCCCC(=O)O[C@H]1CC[C@@]2(C)C(CC[C@H]3[C@@H]4CC[C@H]([C@H](C)CC[C@@H](CC)C(C)C)[C@@]4(C)CC[C@@H]32)C1. The largest absolute Gasteiger partial charge is 0.462 e. The number of carbonyl (C=O) groups is 1. The summed E-state index contributed by atoms with van der Waals surface area (Å²) in [6.45, 7) is 17.6. The van der Waals surface area contributed by atoms with Gasteiger partial charge >= 0.3 is 5.97 Å². The van der Waals surface area contributed by atoms with Gasteiger partial charge in [0.1, 0.15) is 6.10 Å². The van der Waals surface area contributed by atoms with Crippen LogP contribution in [0.15, 0.2) is 24.3 Å². The van der Waals surface area contributed by atoms with E-state index in [1.165, 1.54) is 116 Å². The second-order valence-electron chi connectivity index (χ2n) is 18.7. The minimum atomic E-state index is 0.0752. The lowest BCUT2D eigenvalue weighted by Gasteiger charge is -2.61. The first-order valence-electron chi connectivity index (χ1n) is 22.1. The fourth-order valence-corrected chi connectivity index (χ4v) is 12.3. The zero-order valence-corrected chi connectivity index (χ0v) is 33.8. The molecule has 0 bridgehead atoms. The number of esters is 1. The van der Waals surface area contributed by atoms with Gasteiger partial charge in [0, 0.05) is 6.42 Å². The van der Waals surface area contributed by atoms with Crippen LogP contribution in [0.3, 0.4) is 0 Å². The first-order chi connectivity index (χ1) is 23.6. The standard InChI is InChI=1S/C47H82O2/c1-8-10-11-12-13-14-15-16-17-18-19-20-21-22-23-24-45(48)49-40-31-33-46(6)39(35-40)27-28-41-43-30-29-42(47(43,7)34-32-44(41)46)37(5)25-26-38(9-2)36(3)4/h13-14,16-17,36-44H,8-12,15,18-35H2,1-7H3/b14-13-,17-16-/t37-,38-,39?,40+,41+,42-,43+,44+,46+,47-/m1/s1. The van der Waals surface area contributed by atoms with Crippen molar-refractivity contribution in [2.45, 2.75) is 209 Å². The highest BCUT2D eigenvalue weighted by atomic mass is 16.5. The Morgan fingerprint density at radius 2 is 1.41 bits per heavy atom. The third kappa shape index (κ3) is 11.0. The Hall–Kier alpha value is -1.05. The highest BCUT2D eigenvalue weighted by Gasteiger charge is 2.60. The molecule has 0 aromatic rings. The smallest absolute Gasteiger partial charge is 0.306 e. The predicted octanol–water partition coefficient (Wildman–Crippen LogP) is 14.5. The summed E-state index contributed by atoms with van der Waals surface area (Å²) in [6.07, 6.45) is 39.9. The number of hydrogen-bond donors (Lipinski definition) is 0. The summed E-state index contributed by atoms with van der Waals surface area (Å²) < 4.78 is 6.18. The van der Waals surface area contributed by atoms with Crippen LogP contribution in [-0.4, -0.2) is 12.1 Å². The van der Waals surface area contributed by atoms with E-state index < -0.39 is 0 Å². The third-order valence-electron chi connectivity index (χ3n) is 15.5. The first-order valence-corrected chi connectivity index (χ1v) is 22.1. The molecule has 0 aliphatic heterocycles. The van der Waals surface area contributed by atoms with Crippen LogP contribution in [-0.2, 0) is 9.53 Å². The molecule has 10 atom stereocenters. The third-order valence-corrected chi connectivity index (χ3v) is 15.5. The summed E-state index contributed by atoms with van der Waals surface area (Å²) in [4.78, 5) is 12.9. The van der Waals surface area contributed by atoms with Crippen molar-refractivity contribution >= 4 is 5.97 Å². The Labute approximate surface area is 305 Å². The van der Waals surface area contributed by atoms with E-state index in [1.807, 2.05) is 0 Å². The summed E-state index contributed by atoms with van der Waals surface area (Å²) in [5, 5.41) is 0. The minimum absolute atomic E-state index is 0.0752. The van der Waals surface area contributed by atoms with Crippen molar-refractivity contribution in [1.82, 2.24) is 0 Å². The molecule has 0 amide bonds. The number of carbonyl (C=O) groups excluding carboxylic acids is 1. The maximum Gasteiger partial charge on any atom is 0.306 e. The lowest BCUT2D eigenvalue weighted by atomic mass is 9.44. The van der Waals surface area contributed by atoms with Gasteiger partial charge in [-0.2, -0.15) is 0 Å². The van der Waals surface area contributed by atoms with E-state index in [0.29, 0.717) is 17.3 Å². The molecule has 0 aromatic carbocycles. The fraction of sp³-hybridized carbons (Fsp3) is 0.894. The molecule has 0 spiro atoms. The quantitative estimate of drug-likeness (QED) is 0.0686. The molecule has 4 rings (SSSR count). The van der Waals surface area contributed by atoms with Crippen molar-refractivity contribution in [2.75, 3.05) is 0 Å². The van der Waals surface area contributed by atoms with Crippen LogP contribution in [0.4, 0.5) is 0 Å². The van der Waals surface area contributed by atoms with Gasteiger partial charge in [-0.05, 0) is 161 Å². The number of hydrogen-bond acceptors (Lipinski definition) is 2. The summed E-state index contributed by atoms with van der Waals surface area (Å²) in [5.41, 5.74) is 1.03. The molecule has 282 valence electrons. The van der Waals surface area contributed by atoms with Gasteiger partial charge in [-0.3, -0.25) is 4.79 Å². The first kappa shape index (κ1) is 40.7. The second-order valence-corrected chi connectivity index (χ2v) is 18.7. The summed E-state index contributed by atoms with van der Waals surface area (Å²) in [6, 6.07) is 0. The maximum absolute atomic E-state index is 12.9. The fourth-order valence-electron chi connectivity index (χ4n) is 12.3. The van der Waals surface area contributed by atoms with E-state index in [1.54, 1.807) is 0 Å². The molecular formula is C47H82O2. The Kier molecular flexibility index (Phi) is 16.8. The minimum Gasteiger partial charge on any atom is -0.462 e. The normalized spacial score (nSPS) is 34.2. The topological polar surface area (TPSA) is 26.3 Å². The van der Waals surface area contributed by atoms with Gasteiger partial charge in [0.25, 0.3) is 0 Å². The van der Waals surface area contributed by atoms with Gasteiger partial charge in [0.05, 0.1) is 0 Å². The molecule has 1 unspecified atom stereocenters. The average Bonchev–Trinajstić information content (AvgIpc) is 3.44. The summed E-state index contributed by atoms with van der Waals surface area (Å²) in [5.74, 6) is 7.14. The zero-order valence-electron chi connectivity index (χ0n) is 33.8. The van der Waals surface area contributed by atoms with E-state index in [-0.39, 0.29) is 12.1 Å². The van der Waals surface area contributed by atoms with Gasteiger partial charge in [0.15, 0.2) is 0 Å². The highest BCUT2D eigenvalue weighted by Crippen LogP contribution is 2.68. The van der Waals surface area contributed by atoms with Gasteiger partial charge < -0.3 is 4.74 Å². The highest BCUT2D eigenvalue weighted by molar-refractivity contribution is 5.69. The zero-order chi connectivity index (χ0) is 35.3. The van der Waals surface area contributed by atoms with E-state index in [4.69, 9.17) is 4.74 Å². The molecule has 4 saturated carbocycles. The van der Waals surface area contributed by atoms with Crippen molar-refractivity contribution in [3.63, 3.8) is 0 Å². The number of fused-ring (bicyclic) bond motifs is 5. The molecule has 0 heterocycles. The monoisotopic (exact) mass is 679 g/mol. The summed E-state index contributed by atoms with van der Waals surface area (Å²) >= 11 is 0. The van der Waals surface area contributed by atoms with Crippen LogP contribution in [0.25, 0.3) is 0 Å². The molecule has 0 N–H and O–H groups in total. The molecular weight excluding hydrogens is 597 g/mol. The number of ether oxygens (including phenoxy) is 1. The van der Waals surface area contributed by atoms with Crippen LogP contribution >= 0.6 is 0 Å². The van der Waals surface area contributed by atoms with Gasteiger partial charge in [0.2, 0.25) is 0 Å². The Morgan fingerprint density at radius 3 is 2.12 bits per heavy atom. The van der Waals surface area contributed by atoms with E-state index in [2.05, 4.69) is 72.8 Å². The van der Waals surface area contributed by atoms with Crippen molar-refractivity contribution in [1.29, 1.82) is 0 Å². The molecule has 0 saturated heterocycles. The van der Waals surface area contributed by atoms with Crippen LogP contribution < -0.4 is 0 Å². The van der Waals surface area contributed by atoms with Gasteiger partial charge in [-0.1, -0.05) is 118 Å². The lowest BCUT2D eigenvalue weighted by molar-refractivity contribution is -0.162. The average molecular weight is 679 g/mol. The molecule has 2 heteroatoms. The molecule has 2 nitrogen and oxygen atoms in total. The van der Waals surface area contributed by atoms with Crippen LogP contribution in [0.5, 0.6) is 0 Å². The van der Waals surface area contributed by atoms with Crippen molar-refractivity contribution in [2.24, 2.45) is 58.2 Å². The molecule has 49 heavy (non-hydrogen) atoms. The van der Waals surface area contributed by atoms with E-state index >= 15 is 0 Å². The van der Waals surface area contributed by atoms with Crippen LogP contribution in [0.2, 0.25) is 0 Å². The lowest BCUT2D eigenvalue weighted by Crippen LogP contribution is -2.54. The Morgan fingerprint density at radius 1 is 0.735 bits per heavy atom. The Bertz CT molecular complexity index is 1010. The number of rotatable bonds is 21. The van der Waals surface area contributed by atoms with Gasteiger partial charge in [-0.25, -0.2) is 0 Å². The van der Waals surface area contributed by atoms with Crippen LogP contribution in [0.1, 0.15) is 203 Å². The predicted molar refractivity (Wildman–Crippen MR) is 211 cm³/mol. The number of unbranched alkanes of at least 4 members (excludes halogenated alkanes) is 8.